The number of nitrogens with two attached hydrogens (primary N) is 1. The van der Waals surface area contributed by atoms with Crippen molar-refractivity contribution in [3.63, 3.8) is 0 Å². The van der Waals surface area contributed by atoms with Crippen LogP contribution in [0.4, 0.5) is 22.0 Å². The first-order valence-corrected chi connectivity index (χ1v) is 11.1. The number of fused-ring (bicyclic) bond motifs is 3. The molecular formula is C25H15ClF5N3O3. The van der Waals surface area contributed by atoms with Crippen LogP contribution in [0, 0.1) is 11.6 Å². The Balaban J connectivity index is 1.90. The van der Waals surface area contributed by atoms with Gasteiger partial charge in [0.05, 0.1) is 22.7 Å². The Morgan fingerprint density at radius 2 is 1.78 bits per heavy atom. The number of hydrogen-bond acceptors (Lipinski definition) is 3. The number of amides is 3. The fraction of sp³-hybridized carbons (Fsp3) is 0.160. The van der Waals surface area contributed by atoms with Crippen LogP contribution < -0.4 is 11.1 Å². The summed E-state index contributed by atoms with van der Waals surface area (Å²) >= 11 is 6.28. The largest absolute Gasteiger partial charge is 0.416 e. The third-order valence-electron chi connectivity index (χ3n) is 6.46. The van der Waals surface area contributed by atoms with Gasteiger partial charge in [-0.05, 0) is 47.5 Å². The van der Waals surface area contributed by atoms with Gasteiger partial charge in [0.2, 0.25) is 5.91 Å². The van der Waals surface area contributed by atoms with Crippen molar-refractivity contribution in [3.8, 4) is 11.1 Å². The number of nitrogens with zero attached hydrogens (tertiary/aromatic N) is 1. The molecule has 0 radical (unpaired) electrons. The number of carbonyl (C=O) groups excluding carboxylic acids is 3. The maximum absolute atomic E-state index is 15.5. The fourth-order valence-corrected chi connectivity index (χ4v) is 5.09. The van der Waals surface area contributed by atoms with E-state index in [0.717, 1.165) is 12.1 Å². The Bertz CT molecular complexity index is 1550. The highest BCUT2D eigenvalue weighted by molar-refractivity contribution is 6.31. The molecule has 6 nitrogen and oxygen atoms in total. The van der Waals surface area contributed by atoms with Gasteiger partial charge in [0.15, 0.2) is 0 Å². The maximum atomic E-state index is 15.5. The van der Waals surface area contributed by atoms with E-state index in [-0.39, 0.29) is 45.5 Å². The molecule has 0 fully saturated rings. The zero-order valence-corrected chi connectivity index (χ0v) is 19.5. The number of primary amides is 1. The summed E-state index contributed by atoms with van der Waals surface area (Å²) in [6.07, 6.45) is -4.99. The zero-order chi connectivity index (χ0) is 27.0. The third-order valence-corrected chi connectivity index (χ3v) is 6.80. The fourth-order valence-electron chi connectivity index (χ4n) is 4.86. The van der Waals surface area contributed by atoms with Crippen LogP contribution >= 0.6 is 11.6 Å². The second-order valence-electron chi connectivity index (χ2n) is 8.72. The lowest BCUT2D eigenvalue weighted by Gasteiger charge is -2.21. The van der Waals surface area contributed by atoms with Gasteiger partial charge >= 0.3 is 6.18 Å². The van der Waals surface area contributed by atoms with Crippen LogP contribution in [0.25, 0.3) is 11.1 Å². The number of benzene rings is 3. The summed E-state index contributed by atoms with van der Waals surface area (Å²) in [4.78, 5) is 39.5. The van der Waals surface area contributed by atoms with Crippen molar-refractivity contribution < 1.29 is 36.3 Å². The molecule has 3 N–H and O–H groups in total. The minimum Gasteiger partial charge on any atom is -0.366 e. The van der Waals surface area contributed by atoms with E-state index in [1.54, 1.807) is 0 Å². The van der Waals surface area contributed by atoms with Gasteiger partial charge in [-0.3, -0.25) is 14.4 Å². The number of halogens is 6. The molecule has 1 atom stereocenters. The third kappa shape index (κ3) is 3.81. The first-order chi connectivity index (χ1) is 17.3. The summed E-state index contributed by atoms with van der Waals surface area (Å²) in [7, 11) is 1.47. The predicted molar refractivity (Wildman–Crippen MR) is 122 cm³/mol. The number of hydrogen-bond donors (Lipinski definition) is 2. The normalized spacial score (nSPS) is 16.6. The van der Waals surface area contributed by atoms with Gasteiger partial charge in [0, 0.05) is 40.9 Å². The quantitative estimate of drug-likeness (QED) is 0.471. The van der Waals surface area contributed by atoms with Crippen molar-refractivity contribution in [1.29, 1.82) is 0 Å². The summed E-state index contributed by atoms with van der Waals surface area (Å²) < 4.78 is 69.8. The molecule has 0 saturated carbocycles. The van der Waals surface area contributed by atoms with E-state index in [4.69, 9.17) is 17.3 Å². The van der Waals surface area contributed by atoms with Gasteiger partial charge in [-0.1, -0.05) is 11.6 Å². The van der Waals surface area contributed by atoms with E-state index >= 15 is 4.39 Å². The van der Waals surface area contributed by atoms with Crippen LogP contribution in [-0.2, 0) is 12.7 Å². The highest BCUT2D eigenvalue weighted by Gasteiger charge is 2.42. The molecule has 0 bridgehead atoms. The SMILES string of the molecule is CN1Cc2c(cc(-c3c(F)cc(C(F)(F)F)cc3C(N)=O)c3c2C(=O)NC3c2cc(F)ccc2Cl)C1=O. The van der Waals surface area contributed by atoms with Gasteiger partial charge in [-0.2, -0.15) is 13.2 Å². The predicted octanol–water partition coefficient (Wildman–Crippen LogP) is 4.82. The highest BCUT2D eigenvalue weighted by atomic mass is 35.5. The average Bonchev–Trinajstić information content (AvgIpc) is 3.30. The molecule has 3 amide bonds. The molecule has 190 valence electrons. The summed E-state index contributed by atoms with van der Waals surface area (Å²) in [6.45, 7) is 0.0198. The molecule has 3 aromatic carbocycles. The molecule has 0 aliphatic carbocycles. The Morgan fingerprint density at radius 1 is 1.08 bits per heavy atom. The standard InChI is InChI=1S/C25H15ClF5N3O3/c1-34-8-15-11(24(34)37)7-13(18-14(22(32)35)4-9(5-17(18)28)25(29,30)31)19-20(15)23(36)33-21(19)12-6-10(27)2-3-16(12)26/h2-7,21H,8H2,1H3,(H2,32,35)(H,33,36). The van der Waals surface area contributed by atoms with Crippen molar-refractivity contribution in [2.75, 3.05) is 7.05 Å². The maximum Gasteiger partial charge on any atom is 0.416 e. The summed E-state index contributed by atoms with van der Waals surface area (Å²) in [6, 6.07) is 4.02. The molecule has 3 aromatic rings. The molecule has 37 heavy (non-hydrogen) atoms. The molecule has 2 heterocycles. The van der Waals surface area contributed by atoms with Crippen molar-refractivity contribution >= 4 is 29.3 Å². The molecule has 0 saturated heterocycles. The molecule has 0 aromatic heterocycles. The second-order valence-corrected chi connectivity index (χ2v) is 9.12. The van der Waals surface area contributed by atoms with E-state index in [9.17, 15) is 31.9 Å². The van der Waals surface area contributed by atoms with Gasteiger partial charge in [0.25, 0.3) is 11.8 Å². The van der Waals surface area contributed by atoms with Crippen LogP contribution in [0.1, 0.15) is 59.4 Å². The highest BCUT2D eigenvalue weighted by Crippen LogP contribution is 2.47. The van der Waals surface area contributed by atoms with E-state index in [1.165, 1.54) is 24.1 Å². The van der Waals surface area contributed by atoms with E-state index < -0.39 is 58.3 Å². The van der Waals surface area contributed by atoms with Gasteiger partial charge in [-0.25, -0.2) is 8.78 Å². The molecule has 12 heteroatoms. The van der Waals surface area contributed by atoms with Crippen molar-refractivity contribution in [2.45, 2.75) is 18.8 Å². The Kier molecular flexibility index (Phi) is 5.52. The summed E-state index contributed by atoms with van der Waals surface area (Å²) in [5, 5.41) is 2.68. The van der Waals surface area contributed by atoms with Crippen LogP contribution in [0.3, 0.4) is 0 Å². The lowest BCUT2D eigenvalue weighted by atomic mass is 9.84. The Hall–Kier alpha value is -3.99. The molecule has 2 aliphatic heterocycles. The summed E-state index contributed by atoms with van der Waals surface area (Å²) in [5.41, 5.74) is 2.63. The minimum atomic E-state index is -4.99. The monoisotopic (exact) mass is 535 g/mol. The molecule has 1 unspecified atom stereocenters. The van der Waals surface area contributed by atoms with Crippen LogP contribution in [0.5, 0.6) is 0 Å². The first-order valence-electron chi connectivity index (χ1n) is 10.7. The van der Waals surface area contributed by atoms with E-state index in [0.29, 0.717) is 11.6 Å². The van der Waals surface area contributed by atoms with Gasteiger partial charge < -0.3 is 16.0 Å². The number of carbonyl (C=O) groups is 3. The van der Waals surface area contributed by atoms with Crippen molar-refractivity contribution in [2.24, 2.45) is 5.73 Å². The Labute approximate surface area is 210 Å². The van der Waals surface area contributed by atoms with Crippen molar-refractivity contribution in [3.05, 3.63) is 92.0 Å². The smallest absolute Gasteiger partial charge is 0.366 e. The Morgan fingerprint density at radius 3 is 2.43 bits per heavy atom. The van der Waals surface area contributed by atoms with Gasteiger partial charge in [0.1, 0.15) is 11.6 Å². The van der Waals surface area contributed by atoms with E-state index in [2.05, 4.69) is 5.32 Å². The zero-order valence-electron chi connectivity index (χ0n) is 18.8. The average molecular weight is 536 g/mol. The number of rotatable bonds is 3. The first kappa shape index (κ1) is 24.7. The van der Waals surface area contributed by atoms with Crippen LogP contribution in [0.15, 0.2) is 36.4 Å². The van der Waals surface area contributed by atoms with Crippen molar-refractivity contribution in [1.82, 2.24) is 10.2 Å². The molecule has 2 aliphatic rings. The molecule has 5 rings (SSSR count). The minimum absolute atomic E-state index is 0.00658. The van der Waals surface area contributed by atoms with E-state index in [1.807, 2.05) is 0 Å². The number of nitrogens with one attached hydrogen (secondary N) is 1. The number of alkyl halides is 3. The van der Waals surface area contributed by atoms with Crippen LogP contribution in [-0.4, -0.2) is 29.7 Å². The molecule has 0 spiro atoms. The summed E-state index contributed by atoms with van der Waals surface area (Å²) in [5.74, 6) is -4.72. The van der Waals surface area contributed by atoms with Gasteiger partial charge in [-0.15, -0.1) is 0 Å². The van der Waals surface area contributed by atoms with Crippen LogP contribution in [0.2, 0.25) is 5.02 Å². The molecular weight excluding hydrogens is 521 g/mol. The topological polar surface area (TPSA) is 92.5 Å². The second kappa shape index (κ2) is 8.27. The lowest BCUT2D eigenvalue weighted by Crippen LogP contribution is -2.21. The lowest BCUT2D eigenvalue weighted by molar-refractivity contribution is -0.137.